The van der Waals surface area contributed by atoms with E-state index >= 15 is 0 Å². The molecule has 4 rings (SSSR count). The summed E-state index contributed by atoms with van der Waals surface area (Å²) in [5.41, 5.74) is 2.25. The predicted octanol–water partition coefficient (Wildman–Crippen LogP) is 4.13. The highest BCUT2D eigenvalue weighted by Crippen LogP contribution is 2.35. The van der Waals surface area contributed by atoms with E-state index in [-0.39, 0.29) is 17.7 Å². The van der Waals surface area contributed by atoms with Gasteiger partial charge in [-0.05, 0) is 31.0 Å². The van der Waals surface area contributed by atoms with Crippen molar-refractivity contribution in [2.75, 3.05) is 4.90 Å². The number of hydrogen-bond acceptors (Lipinski definition) is 4. The fourth-order valence-corrected chi connectivity index (χ4v) is 3.65. The summed E-state index contributed by atoms with van der Waals surface area (Å²) in [5.74, 6) is -0.312. The van der Waals surface area contributed by atoms with Crippen LogP contribution in [0.2, 0.25) is 0 Å². The predicted molar refractivity (Wildman–Crippen MR) is 103 cm³/mol. The fraction of sp³-hybridized carbons (Fsp3) is 0.286. The lowest BCUT2D eigenvalue weighted by Gasteiger charge is -2.21. The molecule has 0 saturated heterocycles. The average Bonchev–Trinajstić information content (AvgIpc) is 2.99. The first kappa shape index (κ1) is 17.3. The molecule has 1 heterocycles. The van der Waals surface area contributed by atoms with Crippen LogP contribution in [0.25, 0.3) is 0 Å². The highest BCUT2D eigenvalue weighted by atomic mass is 16.7. The van der Waals surface area contributed by atoms with Crippen molar-refractivity contribution >= 4 is 29.1 Å². The van der Waals surface area contributed by atoms with Crippen LogP contribution in [0.5, 0.6) is 0 Å². The van der Waals surface area contributed by atoms with Gasteiger partial charge in [-0.3, -0.25) is 14.5 Å². The second-order valence-electron chi connectivity index (χ2n) is 6.79. The fourth-order valence-electron chi connectivity index (χ4n) is 3.65. The Bertz CT molecular complexity index is 873. The molecule has 0 unspecified atom stereocenters. The summed E-state index contributed by atoms with van der Waals surface area (Å²) in [4.78, 5) is 31.6. The third-order valence-electron chi connectivity index (χ3n) is 4.97. The molecular weight excluding hydrogens is 342 g/mol. The number of anilines is 2. The molecule has 2 aliphatic rings. The number of para-hydroxylation sites is 2. The summed E-state index contributed by atoms with van der Waals surface area (Å²) in [6.07, 6.45) is 4.72. The third kappa shape index (κ3) is 3.56. The van der Waals surface area contributed by atoms with Gasteiger partial charge in [0.05, 0.1) is 5.69 Å². The molecule has 138 valence electrons. The number of oxime groups is 1. The normalized spacial score (nSPS) is 18.4. The molecule has 2 aromatic carbocycles. The smallest absolute Gasteiger partial charge is 0.317 e. The minimum Gasteiger partial charge on any atom is -0.317 e. The van der Waals surface area contributed by atoms with Crippen molar-refractivity contribution in [1.82, 2.24) is 5.32 Å². The maximum absolute atomic E-state index is 12.9. The SMILES string of the molecule is O=C(NC1CCCCC1)ON=C1C(=O)N(c2ccccc2)c2ccccc21. The quantitative estimate of drug-likeness (QED) is 0.658. The van der Waals surface area contributed by atoms with Gasteiger partial charge in [-0.15, -0.1) is 0 Å². The number of amides is 2. The van der Waals surface area contributed by atoms with Crippen molar-refractivity contribution in [2.45, 2.75) is 38.1 Å². The van der Waals surface area contributed by atoms with E-state index < -0.39 is 6.09 Å². The van der Waals surface area contributed by atoms with E-state index in [1.807, 2.05) is 48.5 Å². The zero-order valence-electron chi connectivity index (χ0n) is 14.9. The van der Waals surface area contributed by atoms with Crippen molar-refractivity contribution in [3.05, 3.63) is 60.2 Å². The highest BCUT2D eigenvalue weighted by molar-refractivity contribution is 6.55. The van der Waals surface area contributed by atoms with Crippen LogP contribution in [-0.2, 0) is 9.63 Å². The molecule has 27 heavy (non-hydrogen) atoms. The van der Waals surface area contributed by atoms with E-state index in [0.29, 0.717) is 5.56 Å². The maximum Gasteiger partial charge on any atom is 0.433 e. The standard InChI is InChI=1S/C21H21N3O3/c25-20-19(23-27-21(26)22-15-9-3-1-4-10-15)17-13-7-8-14-18(17)24(20)16-11-5-2-6-12-16/h2,5-8,11-15H,1,3-4,9-10H2,(H,22,26). The number of carbonyl (C=O) groups excluding carboxylic acids is 2. The Morgan fingerprint density at radius 3 is 2.48 bits per heavy atom. The molecule has 0 radical (unpaired) electrons. The molecule has 1 fully saturated rings. The van der Waals surface area contributed by atoms with Gasteiger partial charge in [-0.25, -0.2) is 4.79 Å². The zero-order valence-corrected chi connectivity index (χ0v) is 14.9. The molecule has 1 aliphatic carbocycles. The van der Waals surface area contributed by atoms with E-state index in [0.717, 1.165) is 37.1 Å². The van der Waals surface area contributed by atoms with Crippen molar-refractivity contribution in [2.24, 2.45) is 5.16 Å². The summed E-state index contributed by atoms with van der Waals surface area (Å²) in [5, 5.41) is 6.73. The molecular formula is C21H21N3O3. The Morgan fingerprint density at radius 1 is 1.00 bits per heavy atom. The van der Waals surface area contributed by atoms with Crippen LogP contribution in [0, 0.1) is 0 Å². The maximum atomic E-state index is 12.9. The Balaban J connectivity index is 1.55. The monoisotopic (exact) mass is 363 g/mol. The van der Waals surface area contributed by atoms with E-state index in [4.69, 9.17) is 4.84 Å². The number of nitrogens with zero attached hydrogens (tertiary/aromatic N) is 2. The Labute approximate surface area is 157 Å². The van der Waals surface area contributed by atoms with Gasteiger partial charge in [0.15, 0.2) is 5.71 Å². The number of rotatable bonds is 3. The van der Waals surface area contributed by atoms with E-state index in [2.05, 4.69) is 10.5 Å². The second-order valence-corrected chi connectivity index (χ2v) is 6.79. The third-order valence-corrected chi connectivity index (χ3v) is 4.97. The van der Waals surface area contributed by atoms with Gasteiger partial charge in [0.2, 0.25) is 0 Å². The molecule has 0 spiro atoms. The summed E-state index contributed by atoms with van der Waals surface area (Å²) in [7, 11) is 0. The van der Waals surface area contributed by atoms with Gasteiger partial charge in [-0.2, -0.15) is 0 Å². The lowest BCUT2D eigenvalue weighted by Crippen LogP contribution is -2.36. The molecule has 1 aliphatic heterocycles. The Kier molecular flexibility index (Phi) is 4.87. The zero-order chi connectivity index (χ0) is 18.6. The van der Waals surface area contributed by atoms with Crippen LogP contribution in [0.1, 0.15) is 37.7 Å². The molecule has 2 amide bonds. The second kappa shape index (κ2) is 7.61. The Hall–Kier alpha value is -3.15. The van der Waals surface area contributed by atoms with Crippen LogP contribution >= 0.6 is 0 Å². The first-order valence-electron chi connectivity index (χ1n) is 9.28. The number of benzene rings is 2. The minimum atomic E-state index is -0.613. The summed E-state index contributed by atoms with van der Waals surface area (Å²) in [6.45, 7) is 0. The largest absolute Gasteiger partial charge is 0.433 e. The van der Waals surface area contributed by atoms with Gasteiger partial charge in [0, 0.05) is 17.3 Å². The number of fused-ring (bicyclic) bond motifs is 1. The molecule has 0 atom stereocenters. The topological polar surface area (TPSA) is 71.0 Å². The lowest BCUT2D eigenvalue weighted by molar-refractivity contribution is -0.111. The van der Waals surface area contributed by atoms with E-state index in [1.54, 1.807) is 11.0 Å². The van der Waals surface area contributed by atoms with Gasteiger partial charge in [0.1, 0.15) is 0 Å². The average molecular weight is 363 g/mol. The Morgan fingerprint density at radius 2 is 1.70 bits per heavy atom. The van der Waals surface area contributed by atoms with Crippen molar-refractivity contribution in [3.8, 4) is 0 Å². The molecule has 6 nitrogen and oxygen atoms in total. The van der Waals surface area contributed by atoms with Gasteiger partial charge >= 0.3 is 6.09 Å². The number of carbonyl (C=O) groups is 2. The first-order valence-corrected chi connectivity index (χ1v) is 9.28. The van der Waals surface area contributed by atoms with Crippen LogP contribution in [0.4, 0.5) is 16.2 Å². The first-order chi connectivity index (χ1) is 13.2. The molecule has 2 aromatic rings. The number of nitrogens with one attached hydrogen (secondary N) is 1. The molecule has 0 aromatic heterocycles. The molecule has 6 heteroatoms. The van der Waals surface area contributed by atoms with Gasteiger partial charge in [0.25, 0.3) is 5.91 Å². The highest BCUT2D eigenvalue weighted by Gasteiger charge is 2.35. The lowest BCUT2D eigenvalue weighted by atomic mass is 9.96. The summed E-state index contributed by atoms with van der Waals surface area (Å²) >= 11 is 0. The molecule has 1 saturated carbocycles. The van der Waals surface area contributed by atoms with Crippen LogP contribution < -0.4 is 10.2 Å². The van der Waals surface area contributed by atoms with Crippen LogP contribution in [0.15, 0.2) is 59.8 Å². The van der Waals surface area contributed by atoms with E-state index in [1.165, 1.54) is 6.42 Å². The van der Waals surface area contributed by atoms with E-state index in [9.17, 15) is 9.59 Å². The summed E-state index contributed by atoms with van der Waals surface area (Å²) in [6, 6.07) is 16.8. The molecule has 0 bridgehead atoms. The van der Waals surface area contributed by atoms with Crippen molar-refractivity contribution < 1.29 is 14.4 Å². The summed E-state index contributed by atoms with van der Waals surface area (Å²) < 4.78 is 0. The van der Waals surface area contributed by atoms with Gasteiger partial charge < -0.3 is 5.32 Å². The van der Waals surface area contributed by atoms with Crippen molar-refractivity contribution in [1.29, 1.82) is 0 Å². The minimum absolute atomic E-state index is 0.124. The number of hydrogen-bond donors (Lipinski definition) is 1. The molecule has 1 N–H and O–H groups in total. The van der Waals surface area contributed by atoms with Gasteiger partial charge in [-0.1, -0.05) is 60.8 Å². The van der Waals surface area contributed by atoms with Crippen LogP contribution in [0.3, 0.4) is 0 Å². The van der Waals surface area contributed by atoms with Crippen LogP contribution in [-0.4, -0.2) is 23.8 Å². The van der Waals surface area contributed by atoms with Crippen molar-refractivity contribution in [3.63, 3.8) is 0 Å².